The quantitative estimate of drug-likeness (QED) is 0.532. The van der Waals surface area contributed by atoms with E-state index in [4.69, 9.17) is 0 Å². The lowest BCUT2D eigenvalue weighted by Gasteiger charge is -2.12. The summed E-state index contributed by atoms with van der Waals surface area (Å²) in [6.45, 7) is -0.429. The molecule has 152 valence electrons. The van der Waals surface area contributed by atoms with Gasteiger partial charge >= 0.3 is 6.18 Å². The zero-order chi connectivity index (χ0) is 20.9. The van der Waals surface area contributed by atoms with Gasteiger partial charge in [0, 0.05) is 19.0 Å². The summed E-state index contributed by atoms with van der Waals surface area (Å²) in [4.78, 5) is 16.5. The van der Waals surface area contributed by atoms with Crippen molar-refractivity contribution in [3.8, 4) is 5.82 Å². The second-order valence-corrected chi connectivity index (χ2v) is 6.52. The van der Waals surface area contributed by atoms with Crippen LogP contribution in [0.4, 0.5) is 17.6 Å². The van der Waals surface area contributed by atoms with Crippen LogP contribution in [0.1, 0.15) is 28.8 Å². The highest BCUT2D eigenvalue weighted by atomic mass is 19.4. The van der Waals surface area contributed by atoms with Crippen LogP contribution in [0, 0.1) is 0 Å². The Morgan fingerprint density at radius 1 is 1.07 bits per heavy atom. The summed E-state index contributed by atoms with van der Waals surface area (Å²) in [5, 5.41) is 7.86. The summed E-state index contributed by atoms with van der Waals surface area (Å²) >= 11 is 0. The fraction of sp³-hybridized carbons (Fsp3) is 0.300. The molecule has 29 heavy (non-hydrogen) atoms. The molecule has 9 heteroatoms. The Morgan fingerprint density at radius 3 is 2.55 bits per heavy atom. The second-order valence-electron chi connectivity index (χ2n) is 6.52. The van der Waals surface area contributed by atoms with Crippen LogP contribution in [0.3, 0.4) is 0 Å². The number of aryl methyl sites for hydroxylation is 1. The van der Waals surface area contributed by atoms with Gasteiger partial charge < -0.3 is 0 Å². The summed E-state index contributed by atoms with van der Waals surface area (Å²) in [5.41, 5.74) is 0.391. The van der Waals surface area contributed by atoms with Crippen molar-refractivity contribution in [2.24, 2.45) is 0 Å². The fourth-order valence-electron chi connectivity index (χ4n) is 2.88. The number of rotatable bonds is 8. The number of hydrogen-bond donors (Lipinski definition) is 0. The number of aromatic nitrogens is 4. The highest BCUT2D eigenvalue weighted by Gasteiger charge is 2.33. The second kappa shape index (κ2) is 8.93. The number of hydrogen-bond acceptors (Lipinski definition) is 4. The Morgan fingerprint density at radius 2 is 1.86 bits per heavy atom. The zero-order valence-corrected chi connectivity index (χ0v) is 15.4. The molecule has 0 saturated heterocycles. The molecule has 0 bridgehead atoms. The molecule has 1 aromatic carbocycles. The summed E-state index contributed by atoms with van der Waals surface area (Å²) < 4.78 is 52.8. The number of carbonyl (C=O) groups excluding carboxylic acids is 1. The first-order chi connectivity index (χ1) is 13.9. The average Bonchev–Trinajstić information content (AvgIpc) is 3.15. The number of benzene rings is 1. The molecule has 0 saturated carbocycles. The molecular formula is C20H18F4N4O. The van der Waals surface area contributed by atoms with Crippen LogP contribution in [0.2, 0.25) is 0 Å². The predicted octanol–water partition coefficient (Wildman–Crippen LogP) is 3.94. The van der Waals surface area contributed by atoms with Gasteiger partial charge in [-0.05, 0) is 36.1 Å². The van der Waals surface area contributed by atoms with E-state index in [0.717, 1.165) is 6.07 Å². The highest BCUT2D eigenvalue weighted by molar-refractivity contribution is 5.83. The zero-order valence-electron chi connectivity index (χ0n) is 15.4. The number of ketones is 1. The van der Waals surface area contributed by atoms with Crippen LogP contribution < -0.4 is 0 Å². The van der Waals surface area contributed by atoms with Crippen LogP contribution in [-0.4, -0.2) is 32.4 Å². The lowest BCUT2D eigenvalue weighted by molar-refractivity contribution is -0.138. The number of halogens is 4. The first-order valence-electron chi connectivity index (χ1n) is 8.96. The first kappa shape index (κ1) is 20.6. The molecule has 3 aromatic rings. The van der Waals surface area contributed by atoms with Gasteiger partial charge in [0.15, 0.2) is 5.82 Å². The van der Waals surface area contributed by atoms with Gasteiger partial charge in [-0.3, -0.25) is 9.18 Å². The average molecular weight is 406 g/mol. The van der Waals surface area contributed by atoms with Crippen LogP contribution >= 0.6 is 0 Å². The summed E-state index contributed by atoms with van der Waals surface area (Å²) in [6, 6.07) is 8.37. The van der Waals surface area contributed by atoms with Gasteiger partial charge in [-0.15, -0.1) is 5.10 Å². The Hall–Kier alpha value is -3.10. The van der Waals surface area contributed by atoms with Crippen molar-refractivity contribution in [2.75, 3.05) is 6.67 Å². The smallest absolute Gasteiger partial charge is 0.299 e. The number of Topliss-reactive ketones (excluding diaryl/α,β-unsaturated/α-hetero) is 1. The summed E-state index contributed by atoms with van der Waals surface area (Å²) in [7, 11) is 0. The Balaban J connectivity index is 1.64. The normalized spacial score (nSPS) is 11.6. The van der Waals surface area contributed by atoms with Gasteiger partial charge in [0.1, 0.15) is 5.78 Å². The maximum absolute atomic E-state index is 13.0. The minimum Gasteiger partial charge on any atom is -0.299 e. The first-order valence-corrected chi connectivity index (χ1v) is 8.96. The van der Waals surface area contributed by atoms with Gasteiger partial charge in [-0.2, -0.15) is 13.2 Å². The monoisotopic (exact) mass is 406 g/mol. The van der Waals surface area contributed by atoms with Crippen molar-refractivity contribution in [1.82, 2.24) is 20.0 Å². The van der Waals surface area contributed by atoms with E-state index in [1.165, 1.54) is 29.1 Å². The van der Waals surface area contributed by atoms with Crippen LogP contribution in [-0.2, 0) is 30.2 Å². The topological polar surface area (TPSA) is 60.7 Å². The number of carbonyl (C=O) groups is 1. The molecule has 2 aromatic heterocycles. The lowest BCUT2D eigenvalue weighted by Crippen LogP contribution is -2.14. The van der Waals surface area contributed by atoms with E-state index in [1.54, 1.807) is 18.3 Å². The lowest BCUT2D eigenvalue weighted by atomic mass is 9.99. The minimum atomic E-state index is -4.50. The third-order valence-corrected chi connectivity index (χ3v) is 4.26. The fourth-order valence-corrected chi connectivity index (χ4v) is 2.88. The number of alkyl halides is 4. The van der Waals surface area contributed by atoms with Gasteiger partial charge in [0.2, 0.25) is 0 Å². The molecule has 5 nitrogen and oxygen atoms in total. The Labute approximate surface area is 164 Å². The Bertz CT molecular complexity index is 967. The van der Waals surface area contributed by atoms with Gasteiger partial charge in [0.25, 0.3) is 0 Å². The van der Waals surface area contributed by atoms with Crippen molar-refractivity contribution < 1.29 is 22.4 Å². The van der Waals surface area contributed by atoms with Crippen molar-refractivity contribution in [3.63, 3.8) is 0 Å². The maximum atomic E-state index is 13.0. The number of pyridine rings is 1. The summed E-state index contributed by atoms with van der Waals surface area (Å²) in [6.07, 6.45) is -0.867. The van der Waals surface area contributed by atoms with E-state index >= 15 is 0 Å². The summed E-state index contributed by atoms with van der Waals surface area (Å²) in [5.74, 6) is 0.133. The van der Waals surface area contributed by atoms with E-state index in [-0.39, 0.29) is 24.2 Å². The predicted molar refractivity (Wildman–Crippen MR) is 97.3 cm³/mol. The molecule has 0 atom stereocenters. The molecule has 3 rings (SSSR count). The largest absolute Gasteiger partial charge is 0.416 e. The van der Waals surface area contributed by atoms with E-state index in [1.807, 2.05) is 0 Å². The molecule has 0 radical (unpaired) electrons. The third-order valence-electron chi connectivity index (χ3n) is 4.26. The molecule has 2 heterocycles. The van der Waals surface area contributed by atoms with Crippen molar-refractivity contribution >= 4 is 5.78 Å². The van der Waals surface area contributed by atoms with Crippen molar-refractivity contribution in [3.05, 3.63) is 71.2 Å². The molecular weight excluding hydrogens is 388 g/mol. The van der Waals surface area contributed by atoms with Gasteiger partial charge in [-0.25, -0.2) is 9.67 Å². The van der Waals surface area contributed by atoms with E-state index in [2.05, 4.69) is 15.3 Å². The number of nitrogens with zero attached hydrogens (tertiary/aromatic N) is 4. The highest BCUT2D eigenvalue weighted by Crippen LogP contribution is 2.32. The van der Waals surface area contributed by atoms with E-state index in [9.17, 15) is 22.4 Å². The SMILES string of the molecule is O=C(Cc1ccc(-n2cc(CCCF)nn2)nc1)Cc1ccccc1C(F)(F)F. The van der Waals surface area contributed by atoms with Crippen molar-refractivity contribution in [1.29, 1.82) is 0 Å². The molecule has 0 aliphatic carbocycles. The van der Waals surface area contributed by atoms with Crippen LogP contribution in [0.25, 0.3) is 5.82 Å². The molecule has 0 aliphatic heterocycles. The maximum Gasteiger partial charge on any atom is 0.416 e. The van der Waals surface area contributed by atoms with Crippen LogP contribution in [0.5, 0.6) is 0 Å². The Kier molecular flexibility index (Phi) is 6.36. The van der Waals surface area contributed by atoms with E-state index in [0.29, 0.717) is 29.9 Å². The molecule has 0 amide bonds. The minimum absolute atomic E-state index is 0.0292. The van der Waals surface area contributed by atoms with Crippen molar-refractivity contribution in [2.45, 2.75) is 31.9 Å². The molecule has 0 fully saturated rings. The van der Waals surface area contributed by atoms with Gasteiger partial charge in [0.05, 0.1) is 24.1 Å². The molecule has 0 spiro atoms. The van der Waals surface area contributed by atoms with Crippen LogP contribution in [0.15, 0.2) is 48.8 Å². The van der Waals surface area contributed by atoms with Gasteiger partial charge in [-0.1, -0.05) is 29.5 Å². The molecule has 0 unspecified atom stereocenters. The third kappa shape index (κ3) is 5.46. The molecule has 0 N–H and O–H groups in total. The standard InChI is InChI=1S/C20H18F4N4O/c21-9-3-5-16-13-28(27-26-16)19-8-7-14(12-25-19)10-17(29)11-15-4-1-2-6-18(15)20(22,23)24/h1-2,4,6-8,12-13H,3,5,9-11H2. The van der Waals surface area contributed by atoms with E-state index < -0.39 is 18.4 Å². The molecule has 0 aliphatic rings.